The van der Waals surface area contributed by atoms with Gasteiger partial charge in [0.15, 0.2) is 0 Å². The third-order valence-electron chi connectivity index (χ3n) is 4.14. The molecule has 1 fully saturated rings. The van der Waals surface area contributed by atoms with Crippen molar-refractivity contribution in [3.63, 3.8) is 0 Å². The van der Waals surface area contributed by atoms with Crippen LogP contribution in [0.1, 0.15) is 30.6 Å². The van der Waals surface area contributed by atoms with Crippen LogP contribution in [0.15, 0.2) is 24.3 Å². The number of nitrogens with zero attached hydrogens (tertiary/aromatic N) is 2. The second-order valence-electron chi connectivity index (χ2n) is 6.51. The van der Waals surface area contributed by atoms with Crippen molar-refractivity contribution in [2.24, 2.45) is 0 Å². The van der Waals surface area contributed by atoms with Crippen LogP contribution in [-0.2, 0) is 10.0 Å². The Balaban J connectivity index is 1.83. The molecule has 1 saturated heterocycles. The number of rotatable bonds is 8. The van der Waals surface area contributed by atoms with Gasteiger partial charge in [0.1, 0.15) is 0 Å². The zero-order valence-corrected chi connectivity index (χ0v) is 16.2. The number of hydrogen-bond acceptors (Lipinski definition) is 4. The zero-order chi connectivity index (χ0) is 19.3. The lowest BCUT2D eigenvalue weighted by molar-refractivity contribution is 0.0952. The van der Waals surface area contributed by atoms with Crippen LogP contribution in [0, 0.1) is 0 Å². The van der Waals surface area contributed by atoms with E-state index in [0.717, 1.165) is 5.69 Å². The summed E-state index contributed by atoms with van der Waals surface area (Å²) in [5, 5.41) is 5.52. The Morgan fingerprint density at radius 1 is 1.31 bits per heavy atom. The van der Waals surface area contributed by atoms with Crippen LogP contribution in [0.4, 0.5) is 10.5 Å². The molecule has 1 aromatic rings. The molecular weight excluding hydrogens is 356 g/mol. The number of amides is 3. The number of sulfonamides is 1. The first-order chi connectivity index (χ1) is 12.2. The smallest absolute Gasteiger partial charge is 0.321 e. The van der Waals surface area contributed by atoms with Crippen LogP contribution in [-0.4, -0.2) is 63.1 Å². The van der Waals surface area contributed by atoms with E-state index in [0.29, 0.717) is 38.2 Å². The van der Waals surface area contributed by atoms with Crippen LogP contribution >= 0.6 is 0 Å². The lowest BCUT2D eigenvalue weighted by Crippen LogP contribution is -2.38. The van der Waals surface area contributed by atoms with Crippen molar-refractivity contribution in [3.05, 3.63) is 29.8 Å². The molecule has 0 atom stereocenters. The van der Waals surface area contributed by atoms with Crippen LogP contribution in [0.5, 0.6) is 0 Å². The van der Waals surface area contributed by atoms with Gasteiger partial charge >= 0.3 is 6.03 Å². The van der Waals surface area contributed by atoms with E-state index in [1.165, 1.54) is 10.6 Å². The average molecular weight is 382 g/mol. The van der Waals surface area contributed by atoms with E-state index in [1.54, 1.807) is 29.2 Å². The van der Waals surface area contributed by atoms with Crippen LogP contribution in [0.3, 0.4) is 0 Å². The van der Waals surface area contributed by atoms with Gasteiger partial charge in [0.2, 0.25) is 10.0 Å². The molecule has 9 heteroatoms. The van der Waals surface area contributed by atoms with Crippen molar-refractivity contribution in [2.45, 2.75) is 26.3 Å². The molecule has 144 valence electrons. The fourth-order valence-electron chi connectivity index (χ4n) is 2.86. The number of urea groups is 1. The molecule has 1 heterocycles. The van der Waals surface area contributed by atoms with E-state index in [-0.39, 0.29) is 18.0 Å². The molecule has 0 spiro atoms. The van der Waals surface area contributed by atoms with Crippen LogP contribution < -0.4 is 15.5 Å². The fourth-order valence-corrected chi connectivity index (χ4v) is 4.08. The predicted octanol–water partition coefficient (Wildman–Crippen LogP) is 1.01. The van der Waals surface area contributed by atoms with Crippen LogP contribution in [0.25, 0.3) is 0 Å². The molecule has 1 aliphatic heterocycles. The molecule has 8 nitrogen and oxygen atoms in total. The van der Waals surface area contributed by atoms with E-state index >= 15 is 0 Å². The molecule has 3 amide bonds. The van der Waals surface area contributed by atoms with Gasteiger partial charge in [-0.3, -0.25) is 9.69 Å². The van der Waals surface area contributed by atoms with Crippen LogP contribution in [0.2, 0.25) is 0 Å². The first kappa shape index (κ1) is 20.2. The molecule has 0 bridgehead atoms. The molecular formula is C17H26N4O4S. The molecule has 0 saturated carbocycles. The quantitative estimate of drug-likeness (QED) is 0.656. The maximum atomic E-state index is 12.2. The number of carbonyl (C=O) groups is 2. The minimum atomic E-state index is -3.25. The Kier molecular flexibility index (Phi) is 6.60. The summed E-state index contributed by atoms with van der Waals surface area (Å²) in [6.45, 7) is 5.61. The number of hydrogen-bond donors (Lipinski definition) is 2. The van der Waals surface area contributed by atoms with Gasteiger partial charge in [0, 0.05) is 43.5 Å². The molecule has 1 aliphatic rings. The van der Waals surface area contributed by atoms with Gasteiger partial charge in [0.25, 0.3) is 5.91 Å². The summed E-state index contributed by atoms with van der Waals surface area (Å²) in [4.78, 5) is 25.4. The van der Waals surface area contributed by atoms with Crippen molar-refractivity contribution < 1.29 is 18.0 Å². The van der Waals surface area contributed by atoms with E-state index in [9.17, 15) is 18.0 Å². The maximum absolute atomic E-state index is 12.2. The molecule has 2 N–H and O–H groups in total. The first-order valence-electron chi connectivity index (χ1n) is 8.60. The van der Waals surface area contributed by atoms with Gasteiger partial charge < -0.3 is 10.6 Å². The van der Waals surface area contributed by atoms with E-state index < -0.39 is 10.0 Å². The Morgan fingerprint density at radius 3 is 2.46 bits per heavy atom. The monoisotopic (exact) mass is 382 g/mol. The maximum Gasteiger partial charge on any atom is 0.321 e. The highest BCUT2D eigenvalue weighted by atomic mass is 32.2. The standard InChI is InChI=1S/C17H26N4O4S/c1-13(2)21(26(3,24)25)11-4-9-18-16(22)14-5-7-15(8-6-14)20-12-10-19-17(20)23/h5-8,13H,4,9-12H2,1-3H3,(H,18,22)(H,19,23). The predicted molar refractivity (Wildman–Crippen MR) is 101 cm³/mol. The largest absolute Gasteiger partial charge is 0.352 e. The van der Waals surface area contributed by atoms with E-state index in [4.69, 9.17) is 0 Å². The van der Waals surface area contributed by atoms with Gasteiger partial charge in [-0.15, -0.1) is 0 Å². The summed E-state index contributed by atoms with van der Waals surface area (Å²) in [5.74, 6) is -0.224. The Morgan fingerprint density at radius 2 is 1.96 bits per heavy atom. The van der Waals surface area contributed by atoms with Gasteiger partial charge in [-0.1, -0.05) is 0 Å². The van der Waals surface area contributed by atoms with Gasteiger partial charge in [-0.25, -0.2) is 13.2 Å². The third-order valence-corrected chi connectivity index (χ3v) is 5.60. The number of anilines is 1. The summed E-state index contributed by atoms with van der Waals surface area (Å²) in [6.07, 6.45) is 1.72. The molecule has 0 aliphatic carbocycles. The highest BCUT2D eigenvalue weighted by Gasteiger charge is 2.21. The fraction of sp³-hybridized carbons (Fsp3) is 0.529. The second kappa shape index (κ2) is 8.50. The molecule has 0 aromatic heterocycles. The Bertz CT molecular complexity index is 747. The normalized spacial score (nSPS) is 14.8. The summed E-state index contributed by atoms with van der Waals surface area (Å²) in [7, 11) is -3.25. The summed E-state index contributed by atoms with van der Waals surface area (Å²) in [5.41, 5.74) is 1.24. The third kappa shape index (κ3) is 5.18. The minimum Gasteiger partial charge on any atom is -0.352 e. The Labute approximate surface area is 154 Å². The molecule has 2 rings (SSSR count). The molecule has 0 unspecified atom stereocenters. The molecule has 0 radical (unpaired) electrons. The van der Waals surface area contributed by atoms with E-state index in [2.05, 4.69) is 10.6 Å². The minimum absolute atomic E-state index is 0.115. The van der Waals surface area contributed by atoms with E-state index in [1.807, 2.05) is 13.8 Å². The summed E-state index contributed by atoms with van der Waals surface area (Å²) in [6, 6.07) is 6.58. The Hall–Kier alpha value is -2.13. The average Bonchev–Trinajstić information content (AvgIpc) is 2.99. The van der Waals surface area contributed by atoms with Crippen molar-refractivity contribution in [2.75, 3.05) is 37.3 Å². The van der Waals surface area contributed by atoms with Crippen molar-refractivity contribution >= 4 is 27.6 Å². The molecule has 26 heavy (non-hydrogen) atoms. The zero-order valence-electron chi connectivity index (χ0n) is 15.4. The summed E-state index contributed by atoms with van der Waals surface area (Å²) < 4.78 is 24.8. The first-order valence-corrected chi connectivity index (χ1v) is 10.5. The van der Waals surface area contributed by atoms with Crippen molar-refractivity contribution in [1.29, 1.82) is 0 Å². The summed E-state index contributed by atoms with van der Waals surface area (Å²) >= 11 is 0. The van der Waals surface area contributed by atoms with Gasteiger partial charge in [-0.2, -0.15) is 4.31 Å². The topological polar surface area (TPSA) is 98.8 Å². The highest BCUT2D eigenvalue weighted by Crippen LogP contribution is 2.17. The lowest BCUT2D eigenvalue weighted by Gasteiger charge is -2.23. The number of nitrogens with one attached hydrogen (secondary N) is 2. The number of carbonyl (C=O) groups excluding carboxylic acids is 2. The lowest BCUT2D eigenvalue weighted by atomic mass is 10.2. The SMILES string of the molecule is CC(C)N(CCCNC(=O)c1ccc(N2CCNC2=O)cc1)S(C)(=O)=O. The van der Waals surface area contributed by atoms with Gasteiger partial charge in [0.05, 0.1) is 6.26 Å². The van der Waals surface area contributed by atoms with Gasteiger partial charge in [-0.05, 0) is 44.5 Å². The second-order valence-corrected chi connectivity index (χ2v) is 8.44. The van der Waals surface area contributed by atoms with Crippen molar-refractivity contribution in [3.8, 4) is 0 Å². The van der Waals surface area contributed by atoms with Crippen molar-refractivity contribution in [1.82, 2.24) is 14.9 Å². The molecule has 1 aromatic carbocycles. The highest BCUT2D eigenvalue weighted by molar-refractivity contribution is 7.88. The number of benzene rings is 1.